The maximum absolute atomic E-state index is 13.3. The monoisotopic (exact) mass is 533 g/mol. The number of nitrogens with zero attached hydrogens (tertiary/aromatic N) is 1. The molecule has 0 radical (unpaired) electrons. The van der Waals surface area contributed by atoms with Gasteiger partial charge in [0, 0.05) is 11.1 Å². The van der Waals surface area contributed by atoms with Crippen LogP contribution in [0.3, 0.4) is 0 Å². The molecule has 3 atom stereocenters. The first-order valence-electron chi connectivity index (χ1n) is 10.2. The maximum Gasteiger partial charge on any atom is 0.329 e. The van der Waals surface area contributed by atoms with E-state index in [1.54, 1.807) is 52.8 Å². The van der Waals surface area contributed by atoms with Crippen LogP contribution < -0.4 is 0 Å². The third kappa shape index (κ3) is 7.06. The Labute approximate surface area is 198 Å². The number of halogens is 1. The van der Waals surface area contributed by atoms with E-state index >= 15 is 0 Å². The largest absolute Gasteiger partial charge is 0.458 e. The normalized spacial score (nSPS) is 23.3. The van der Waals surface area contributed by atoms with Crippen LogP contribution in [0.25, 0.3) is 0 Å². The highest BCUT2D eigenvalue weighted by Crippen LogP contribution is 2.22. The summed E-state index contributed by atoms with van der Waals surface area (Å²) >= 11 is 1.97. The second-order valence-electron chi connectivity index (χ2n) is 8.29. The van der Waals surface area contributed by atoms with Gasteiger partial charge in [-0.05, 0) is 45.4 Å². The number of alkyl halides is 1. The summed E-state index contributed by atoms with van der Waals surface area (Å²) in [6.07, 6.45) is 5.46. The summed E-state index contributed by atoms with van der Waals surface area (Å²) in [4.78, 5) is 40.3. The summed E-state index contributed by atoms with van der Waals surface area (Å²) in [6.45, 7) is 8.74. The topological polar surface area (TPSA) is 63.7 Å². The Morgan fingerprint density at radius 3 is 2.39 bits per heavy atom. The molecule has 0 aromatic heterocycles. The summed E-state index contributed by atoms with van der Waals surface area (Å²) < 4.78 is 4.82. The number of esters is 1. The zero-order valence-electron chi connectivity index (χ0n) is 18.5. The van der Waals surface area contributed by atoms with Gasteiger partial charge in [0.2, 0.25) is 11.8 Å². The van der Waals surface area contributed by atoms with Gasteiger partial charge in [0.1, 0.15) is 15.6 Å². The van der Waals surface area contributed by atoms with Gasteiger partial charge >= 0.3 is 5.97 Å². The minimum absolute atomic E-state index is 0.274. The van der Waals surface area contributed by atoms with Crippen molar-refractivity contribution >= 4 is 40.4 Å². The molecule has 2 unspecified atom stereocenters. The third-order valence-corrected chi connectivity index (χ3v) is 5.39. The molecule has 0 saturated heterocycles. The molecule has 5 nitrogen and oxygen atoms in total. The second-order valence-corrected chi connectivity index (χ2v) is 9.63. The molecule has 1 aliphatic rings. The molecular formula is C25H28INO4. The molecule has 6 heteroatoms. The standard InChI is InChI=1S/C25H28INO4/c1-6-21(24(30)31-25(3,4)5)27-22(28)17(2)12-13-19(16-20(26)23(27)29)15-14-18-10-8-7-9-11-18/h7-13,16-17,20-21H,6H2,1-5H3/b13-12-,19-16+/t17?,20?,21-/m0/s1. The maximum atomic E-state index is 13.3. The zero-order chi connectivity index (χ0) is 23.2. The minimum atomic E-state index is -0.974. The van der Waals surface area contributed by atoms with Crippen LogP contribution in [0, 0.1) is 17.8 Å². The quantitative estimate of drug-likeness (QED) is 0.190. The molecule has 1 heterocycles. The average molecular weight is 533 g/mol. The first-order chi connectivity index (χ1) is 14.5. The highest BCUT2D eigenvalue weighted by Gasteiger charge is 2.39. The van der Waals surface area contributed by atoms with Crippen LogP contribution in [0.1, 0.15) is 46.6 Å². The van der Waals surface area contributed by atoms with Gasteiger partial charge in [0.15, 0.2) is 0 Å². The van der Waals surface area contributed by atoms with Gasteiger partial charge in [-0.25, -0.2) is 4.79 Å². The van der Waals surface area contributed by atoms with Crippen LogP contribution >= 0.6 is 22.6 Å². The Morgan fingerprint density at radius 2 is 1.81 bits per heavy atom. The summed E-state index contributed by atoms with van der Waals surface area (Å²) in [5, 5.41) is 0. The van der Waals surface area contributed by atoms with Gasteiger partial charge in [-0.15, -0.1) is 0 Å². The van der Waals surface area contributed by atoms with Gasteiger partial charge < -0.3 is 4.74 Å². The molecule has 0 spiro atoms. The smallest absolute Gasteiger partial charge is 0.329 e. The van der Waals surface area contributed by atoms with Crippen LogP contribution in [-0.4, -0.2) is 38.3 Å². The number of allylic oxidation sites excluding steroid dienone is 2. The zero-order valence-corrected chi connectivity index (χ0v) is 20.7. The van der Waals surface area contributed by atoms with E-state index < -0.39 is 39.3 Å². The molecule has 2 rings (SSSR count). The Kier molecular flexibility index (Phi) is 8.63. The molecule has 1 aromatic carbocycles. The lowest BCUT2D eigenvalue weighted by Crippen LogP contribution is -2.53. The number of hydrogen-bond donors (Lipinski definition) is 0. The summed E-state index contributed by atoms with van der Waals surface area (Å²) in [7, 11) is 0. The lowest BCUT2D eigenvalue weighted by atomic mass is 10.1. The van der Waals surface area contributed by atoms with Crippen molar-refractivity contribution in [3.8, 4) is 11.8 Å². The fourth-order valence-corrected chi connectivity index (χ4v) is 3.64. The average Bonchev–Trinajstić information content (AvgIpc) is 2.74. The van der Waals surface area contributed by atoms with E-state index in [0.29, 0.717) is 5.57 Å². The van der Waals surface area contributed by atoms with Gasteiger partial charge in [-0.1, -0.05) is 78.6 Å². The van der Waals surface area contributed by atoms with Crippen LogP contribution in [0.2, 0.25) is 0 Å². The molecule has 31 heavy (non-hydrogen) atoms. The number of amides is 2. The van der Waals surface area contributed by atoms with Crippen molar-refractivity contribution in [2.45, 2.75) is 56.6 Å². The molecule has 0 N–H and O–H groups in total. The van der Waals surface area contributed by atoms with Gasteiger partial charge in [0.05, 0.1) is 5.92 Å². The minimum Gasteiger partial charge on any atom is -0.458 e. The Balaban J connectivity index is 2.41. The lowest BCUT2D eigenvalue weighted by Gasteiger charge is -2.32. The Morgan fingerprint density at radius 1 is 1.16 bits per heavy atom. The van der Waals surface area contributed by atoms with Gasteiger partial charge in [0.25, 0.3) is 0 Å². The van der Waals surface area contributed by atoms with Crippen molar-refractivity contribution in [2.24, 2.45) is 5.92 Å². The molecule has 0 fully saturated rings. The van der Waals surface area contributed by atoms with E-state index in [4.69, 9.17) is 4.74 Å². The molecule has 0 bridgehead atoms. The lowest BCUT2D eigenvalue weighted by molar-refractivity contribution is -0.169. The predicted octanol–water partition coefficient (Wildman–Crippen LogP) is 4.45. The fourth-order valence-electron chi connectivity index (χ4n) is 2.96. The molecule has 2 amide bonds. The molecule has 0 aliphatic carbocycles. The summed E-state index contributed by atoms with van der Waals surface area (Å²) in [6, 6.07) is 8.56. The molecule has 0 saturated carbocycles. The van der Waals surface area contributed by atoms with Crippen LogP contribution in [0.15, 0.2) is 54.1 Å². The van der Waals surface area contributed by atoms with Crippen molar-refractivity contribution in [3.05, 3.63) is 59.7 Å². The first kappa shape index (κ1) is 24.9. The fraction of sp³-hybridized carbons (Fsp3) is 0.400. The highest BCUT2D eigenvalue weighted by atomic mass is 127. The van der Waals surface area contributed by atoms with Gasteiger partial charge in [-0.3, -0.25) is 14.5 Å². The van der Waals surface area contributed by atoms with E-state index in [1.807, 2.05) is 52.9 Å². The van der Waals surface area contributed by atoms with Crippen molar-refractivity contribution in [1.82, 2.24) is 4.90 Å². The number of carbonyl (C=O) groups excluding carboxylic acids is 3. The SMILES string of the molecule is CC[C@@H](C(=O)OC(C)(C)C)N1C(=O)C(C)/C=C\C(C#Cc2ccccc2)=C/C(I)C1=O. The van der Waals surface area contributed by atoms with Gasteiger partial charge in [-0.2, -0.15) is 0 Å². The van der Waals surface area contributed by atoms with Crippen molar-refractivity contribution in [2.75, 3.05) is 0 Å². The molecule has 164 valence electrons. The van der Waals surface area contributed by atoms with Crippen LogP contribution in [-0.2, 0) is 19.1 Å². The predicted molar refractivity (Wildman–Crippen MR) is 129 cm³/mol. The van der Waals surface area contributed by atoms with Crippen molar-refractivity contribution in [3.63, 3.8) is 0 Å². The Bertz CT molecular complexity index is 947. The highest BCUT2D eigenvalue weighted by molar-refractivity contribution is 14.1. The van der Waals surface area contributed by atoms with Crippen molar-refractivity contribution < 1.29 is 19.1 Å². The summed E-state index contributed by atoms with van der Waals surface area (Å²) in [5.74, 6) is 4.11. The molecular weight excluding hydrogens is 505 g/mol. The summed E-state index contributed by atoms with van der Waals surface area (Å²) in [5.41, 5.74) is 0.782. The number of hydrogen-bond acceptors (Lipinski definition) is 4. The second kappa shape index (κ2) is 10.8. The van der Waals surface area contributed by atoms with E-state index in [9.17, 15) is 14.4 Å². The van der Waals surface area contributed by atoms with Crippen molar-refractivity contribution in [1.29, 1.82) is 0 Å². The number of rotatable bonds is 3. The first-order valence-corrected chi connectivity index (χ1v) is 11.5. The van der Waals surface area contributed by atoms with E-state index in [-0.39, 0.29) is 6.42 Å². The van der Waals surface area contributed by atoms with E-state index in [2.05, 4.69) is 11.8 Å². The van der Waals surface area contributed by atoms with E-state index in [1.165, 1.54) is 0 Å². The van der Waals surface area contributed by atoms with E-state index in [0.717, 1.165) is 10.5 Å². The number of carbonyl (C=O) groups is 3. The number of imide groups is 1. The molecule has 1 aromatic rings. The van der Waals surface area contributed by atoms with Crippen LogP contribution in [0.4, 0.5) is 0 Å². The number of ether oxygens (including phenoxy) is 1. The van der Waals surface area contributed by atoms with Crippen LogP contribution in [0.5, 0.6) is 0 Å². The Hall–Kier alpha value is -2.40. The third-order valence-electron chi connectivity index (χ3n) is 4.49. The molecule has 1 aliphatic heterocycles. The number of benzene rings is 1.